The van der Waals surface area contributed by atoms with E-state index >= 15 is 0 Å². The Labute approximate surface area is 128 Å². The molecule has 0 aromatic heterocycles. The van der Waals surface area contributed by atoms with Crippen molar-refractivity contribution in [1.82, 2.24) is 0 Å². The van der Waals surface area contributed by atoms with E-state index in [-0.39, 0.29) is 11.4 Å². The Morgan fingerprint density at radius 3 is 2.27 bits per heavy atom. The molecule has 1 aliphatic heterocycles. The van der Waals surface area contributed by atoms with Gasteiger partial charge in [0.05, 0.1) is 6.10 Å². The zero-order chi connectivity index (χ0) is 16.6. The van der Waals surface area contributed by atoms with Crippen LogP contribution in [0.1, 0.15) is 18.1 Å². The summed E-state index contributed by atoms with van der Waals surface area (Å²) in [6.07, 6.45) is -5.67. The summed E-state index contributed by atoms with van der Waals surface area (Å²) in [5, 5.41) is 51.8. The highest BCUT2D eigenvalue weighted by molar-refractivity contribution is 5.64. The summed E-state index contributed by atoms with van der Waals surface area (Å²) in [4.78, 5) is 0. The first-order valence-electron chi connectivity index (χ1n) is 7.03. The standard InChI is InChI=1S/C14H22N2O6/c1-6-4-9(10(16(20)21)5-7(6)2)15-14-13(19)12(18)11(17)8(3)22-14/h4-5,8,11-20H,1-3H3/t8-,11-,12+,13+,14-/m0/s1. The fraction of sp³-hybridized carbons (Fsp3) is 0.571. The maximum absolute atomic E-state index is 11.4. The molecule has 6 N–H and O–H groups in total. The predicted molar refractivity (Wildman–Crippen MR) is 77.7 cm³/mol. The molecule has 0 aliphatic carbocycles. The first-order chi connectivity index (χ1) is 10.2. The SMILES string of the molecule is Cc1cc(N[C@H]2O[C@@H](C)[C@H](O)[C@@H](O)[C@H]2O)c([NH+]([O-])O)cc1C. The third-order valence-electron chi connectivity index (χ3n) is 4.01. The number of nitrogens with one attached hydrogen (secondary N) is 2. The maximum Gasteiger partial charge on any atom is 0.187 e. The molecule has 0 bridgehead atoms. The van der Waals surface area contributed by atoms with Gasteiger partial charge < -0.3 is 30.6 Å². The highest BCUT2D eigenvalue weighted by atomic mass is 16.8. The molecule has 0 spiro atoms. The van der Waals surface area contributed by atoms with E-state index in [4.69, 9.17) is 4.74 Å². The molecule has 6 atom stereocenters. The van der Waals surface area contributed by atoms with Crippen molar-refractivity contribution in [2.75, 3.05) is 5.32 Å². The van der Waals surface area contributed by atoms with Crippen molar-refractivity contribution in [1.29, 1.82) is 0 Å². The van der Waals surface area contributed by atoms with Gasteiger partial charge in [0.15, 0.2) is 11.9 Å². The minimum Gasteiger partial charge on any atom is -0.595 e. The molecule has 1 aliphatic rings. The quantitative estimate of drug-likeness (QED) is 0.392. The number of hydrogen-bond donors (Lipinski definition) is 6. The molecule has 1 aromatic carbocycles. The van der Waals surface area contributed by atoms with Crippen LogP contribution >= 0.6 is 0 Å². The zero-order valence-corrected chi connectivity index (χ0v) is 12.6. The number of anilines is 1. The topological polar surface area (TPSA) is 130 Å². The lowest BCUT2D eigenvalue weighted by Gasteiger charge is -2.40. The number of hydrogen-bond acceptors (Lipinski definition) is 7. The molecular formula is C14H22N2O6. The largest absolute Gasteiger partial charge is 0.595 e. The zero-order valence-electron chi connectivity index (χ0n) is 12.6. The number of aliphatic hydroxyl groups excluding tert-OH is 3. The van der Waals surface area contributed by atoms with Gasteiger partial charge in [-0.25, -0.2) is 5.21 Å². The first-order valence-corrected chi connectivity index (χ1v) is 7.03. The van der Waals surface area contributed by atoms with E-state index in [1.807, 2.05) is 6.92 Å². The Bertz CT molecular complexity index is 538. The fourth-order valence-corrected chi connectivity index (χ4v) is 2.44. The highest BCUT2D eigenvalue weighted by Crippen LogP contribution is 2.27. The molecule has 8 heteroatoms. The van der Waals surface area contributed by atoms with Crippen molar-refractivity contribution in [3.63, 3.8) is 0 Å². The third-order valence-corrected chi connectivity index (χ3v) is 4.01. The van der Waals surface area contributed by atoms with E-state index in [9.17, 15) is 25.7 Å². The van der Waals surface area contributed by atoms with Gasteiger partial charge in [-0.2, -0.15) is 5.23 Å². The summed E-state index contributed by atoms with van der Waals surface area (Å²) >= 11 is 0. The summed E-state index contributed by atoms with van der Waals surface area (Å²) in [6, 6.07) is 3.18. The maximum atomic E-state index is 11.4. The van der Waals surface area contributed by atoms with Crippen molar-refractivity contribution in [2.24, 2.45) is 0 Å². The number of quaternary nitrogens is 1. The van der Waals surface area contributed by atoms with Crippen molar-refractivity contribution in [3.05, 3.63) is 28.5 Å². The molecule has 0 radical (unpaired) electrons. The number of aryl methyl sites for hydroxylation is 2. The van der Waals surface area contributed by atoms with Gasteiger partial charge in [-0.05, 0) is 38.0 Å². The van der Waals surface area contributed by atoms with E-state index in [0.717, 1.165) is 11.1 Å². The number of aliphatic hydroxyl groups is 3. The van der Waals surface area contributed by atoms with E-state index in [2.05, 4.69) is 5.32 Å². The Kier molecular flexibility index (Phi) is 5.03. The average molecular weight is 314 g/mol. The molecule has 2 rings (SSSR count). The van der Waals surface area contributed by atoms with Crippen LogP contribution in [-0.4, -0.2) is 51.2 Å². The second-order valence-corrected chi connectivity index (χ2v) is 5.67. The van der Waals surface area contributed by atoms with Gasteiger partial charge >= 0.3 is 0 Å². The van der Waals surface area contributed by atoms with Crippen LogP contribution in [0.15, 0.2) is 12.1 Å². The minimum atomic E-state index is -1.38. The van der Waals surface area contributed by atoms with Gasteiger partial charge in [0.1, 0.15) is 24.0 Å². The highest BCUT2D eigenvalue weighted by Gasteiger charge is 2.42. The molecule has 1 aromatic rings. The van der Waals surface area contributed by atoms with Gasteiger partial charge in [0.2, 0.25) is 0 Å². The number of ether oxygens (including phenoxy) is 1. The van der Waals surface area contributed by atoms with Crippen LogP contribution in [0, 0.1) is 19.1 Å². The lowest BCUT2D eigenvalue weighted by Crippen LogP contribution is -2.99. The molecule has 1 saturated heterocycles. The summed E-state index contributed by atoms with van der Waals surface area (Å²) < 4.78 is 5.43. The van der Waals surface area contributed by atoms with Crippen molar-refractivity contribution >= 4 is 11.4 Å². The first kappa shape index (κ1) is 17.1. The molecule has 0 amide bonds. The molecule has 1 heterocycles. The lowest BCUT2D eigenvalue weighted by atomic mass is 9.98. The van der Waals surface area contributed by atoms with E-state index in [1.54, 1.807) is 19.9 Å². The van der Waals surface area contributed by atoms with Gasteiger partial charge in [-0.1, -0.05) is 0 Å². The third kappa shape index (κ3) is 3.23. The molecular weight excluding hydrogens is 292 g/mol. The van der Waals surface area contributed by atoms with E-state index < -0.39 is 35.9 Å². The fourth-order valence-electron chi connectivity index (χ4n) is 2.44. The van der Waals surface area contributed by atoms with E-state index in [1.165, 1.54) is 6.07 Å². The predicted octanol–water partition coefficient (Wildman–Crippen LogP) is -1.05. The van der Waals surface area contributed by atoms with E-state index in [0.29, 0.717) is 0 Å². The minimum absolute atomic E-state index is 0.0483. The lowest BCUT2D eigenvalue weighted by molar-refractivity contribution is -0.990. The van der Waals surface area contributed by atoms with Crippen molar-refractivity contribution in [2.45, 2.75) is 51.4 Å². The monoisotopic (exact) mass is 314 g/mol. The Morgan fingerprint density at radius 1 is 1.09 bits per heavy atom. The molecule has 8 nitrogen and oxygen atoms in total. The van der Waals surface area contributed by atoms with Crippen LogP contribution in [0.4, 0.5) is 11.4 Å². The molecule has 22 heavy (non-hydrogen) atoms. The van der Waals surface area contributed by atoms with Gasteiger partial charge in [0, 0.05) is 6.07 Å². The normalized spacial score (nSPS) is 33.5. The van der Waals surface area contributed by atoms with Gasteiger partial charge in [-0.3, -0.25) is 0 Å². The van der Waals surface area contributed by atoms with Gasteiger partial charge in [-0.15, -0.1) is 0 Å². The Hall–Kier alpha value is -1.26. The smallest absolute Gasteiger partial charge is 0.187 e. The van der Waals surface area contributed by atoms with Crippen molar-refractivity contribution in [3.8, 4) is 0 Å². The second kappa shape index (κ2) is 6.47. The Morgan fingerprint density at radius 2 is 1.68 bits per heavy atom. The average Bonchev–Trinajstić information content (AvgIpc) is 2.45. The summed E-state index contributed by atoms with van der Waals surface area (Å²) in [7, 11) is 0. The number of rotatable bonds is 3. The van der Waals surface area contributed by atoms with Crippen LogP contribution in [0.5, 0.6) is 0 Å². The molecule has 0 saturated carbocycles. The van der Waals surface area contributed by atoms with Crippen LogP contribution in [0.2, 0.25) is 0 Å². The van der Waals surface area contributed by atoms with Crippen LogP contribution in [0.25, 0.3) is 0 Å². The second-order valence-electron chi connectivity index (χ2n) is 5.67. The van der Waals surface area contributed by atoms with Crippen LogP contribution in [-0.2, 0) is 4.74 Å². The molecule has 1 fully saturated rings. The number of benzene rings is 1. The molecule has 1 unspecified atom stereocenters. The Balaban J connectivity index is 2.28. The van der Waals surface area contributed by atoms with Gasteiger partial charge in [0.25, 0.3) is 0 Å². The van der Waals surface area contributed by atoms with Crippen molar-refractivity contribution < 1.29 is 30.5 Å². The summed E-state index contributed by atoms with van der Waals surface area (Å²) in [5.74, 6) is 0. The molecule has 124 valence electrons. The van der Waals surface area contributed by atoms with Crippen LogP contribution < -0.4 is 10.5 Å². The summed E-state index contributed by atoms with van der Waals surface area (Å²) in [5.41, 5.74) is 2.05. The van der Waals surface area contributed by atoms with Crippen LogP contribution in [0.3, 0.4) is 0 Å². The summed E-state index contributed by atoms with van der Waals surface area (Å²) in [6.45, 7) is 5.21.